The summed E-state index contributed by atoms with van der Waals surface area (Å²) < 4.78 is 10.9. The predicted molar refractivity (Wildman–Crippen MR) is 125 cm³/mol. The van der Waals surface area contributed by atoms with E-state index in [-0.39, 0.29) is 11.8 Å². The first-order valence-corrected chi connectivity index (χ1v) is 10.9. The van der Waals surface area contributed by atoms with E-state index in [4.69, 9.17) is 9.47 Å². The van der Waals surface area contributed by atoms with Crippen LogP contribution >= 0.6 is 0 Å². The van der Waals surface area contributed by atoms with Gasteiger partial charge in [0.15, 0.2) is 0 Å². The molecule has 166 valence electrons. The molecule has 32 heavy (non-hydrogen) atoms. The SMILES string of the molecule is COc1ccc(CN2CCNC(=O)C(Cc3cccc(-c4cccnc4)c3)C2)c(OC)c1. The molecular formula is C26H29N3O3. The fourth-order valence-electron chi connectivity index (χ4n) is 4.19. The summed E-state index contributed by atoms with van der Waals surface area (Å²) in [5, 5.41) is 3.08. The van der Waals surface area contributed by atoms with Crippen LogP contribution in [0.2, 0.25) is 0 Å². The molecule has 2 aromatic carbocycles. The average molecular weight is 432 g/mol. The lowest BCUT2D eigenvalue weighted by Crippen LogP contribution is -2.33. The molecule has 0 saturated carbocycles. The van der Waals surface area contributed by atoms with Crippen molar-refractivity contribution in [1.29, 1.82) is 0 Å². The van der Waals surface area contributed by atoms with Crippen molar-refractivity contribution in [2.24, 2.45) is 5.92 Å². The molecule has 3 aromatic rings. The van der Waals surface area contributed by atoms with Crippen molar-refractivity contribution in [3.63, 3.8) is 0 Å². The van der Waals surface area contributed by atoms with E-state index in [2.05, 4.69) is 39.5 Å². The van der Waals surface area contributed by atoms with E-state index < -0.39 is 0 Å². The minimum absolute atomic E-state index is 0.112. The number of hydrogen-bond donors (Lipinski definition) is 1. The molecule has 1 aliphatic rings. The second-order valence-electron chi connectivity index (χ2n) is 8.05. The topological polar surface area (TPSA) is 63.7 Å². The van der Waals surface area contributed by atoms with Crippen molar-refractivity contribution < 1.29 is 14.3 Å². The van der Waals surface area contributed by atoms with Gasteiger partial charge in [-0.05, 0) is 35.2 Å². The highest BCUT2D eigenvalue weighted by molar-refractivity contribution is 5.79. The van der Waals surface area contributed by atoms with Crippen molar-refractivity contribution in [3.8, 4) is 22.6 Å². The Morgan fingerprint density at radius 2 is 1.94 bits per heavy atom. The zero-order valence-corrected chi connectivity index (χ0v) is 18.6. The van der Waals surface area contributed by atoms with Crippen LogP contribution in [0.5, 0.6) is 11.5 Å². The molecule has 0 bridgehead atoms. The Morgan fingerprint density at radius 1 is 1.06 bits per heavy atom. The summed E-state index contributed by atoms with van der Waals surface area (Å²) in [6.07, 6.45) is 4.33. The highest BCUT2D eigenvalue weighted by Crippen LogP contribution is 2.27. The highest BCUT2D eigenvalue weighted by atomic mass is 16.5. The van der Waals surface area contributed by atoms with Crippen LogP contribution in [0.1, 0.15) is 11.1 Å². The van der Waals surface area contributed by atoms with Crippen molar-refractivity contribution in [2.75, 3.05) is 33.9 Å². The number of carbonyl (C=O) groups excluding carboxylic acids is 1. The molecule has 0 spiro atoms. The van der Waals surface area contributed by atoms with Gasteiger partial charge in [-0.15, -0.1) is 0 Å². The lowest BCUT2D eigenvalue weighted by Gasteiger charge is -2.24. The third kappa shape index (κ3) is 5.26. The number of hydrogen-bond acceptors (Lipinski definition) is 5. The third-order valence-corrected chi connectivity index (χ3v) is 5.87. The fraction of sp³-hybridized carbons (Fsp3) is 0.308. The predicted octanol–water partition coefficient (Wildman–Crippen LogP) is 3.56. The van der Waals surface area contributed by atoms with E-state index >= 15 is 0 Å². The van der Waals surface area contributed by atoms with Gasteiger partial charge in [0.1, 0.15) is 11.5 Å². The van der Waals surface area contributed by atoms with Crippen LogP contribution in [0.25, 0.3) is 11.1 Å². The van der Waals surface area contributed by atoms with Crippen LogP contribution in [0.3, 0.4) is 0 Å². The maximum absolute atomic E-state index is 12.8. The number of benzene rings is 2. The third-order valence-electron chi connectivity index (χ3n) is 5.87. The molecular weight excluding hydrogens is 402 g/mol. The fourth-order valence-corrected chi connectivity index (χ4v) is 4.19. The molecule has 1 fully saturated rings. The van der Waals surface area contributed by atoms with Gasteiger partial charge in [-0.25, -0.2) is 0 Å². The first kappa shape index (κ1) is 21.8. The van der Waals surface area contributed by atoms with Crippen molar-refractivity contribution >= 4 is 5.91 Å². The minimum Gasteiger partial charge on any atom is -0.497 e. The molecule has 1 atom stereocenters. The molecule has 1 aromatic heterocycles. The van der Waals surface area contributed by atoms with E-state index in [9.17, 15) is 4.79 Å². The standard InChI is InChI=1S/C26H29N3O3/c1-31-24-9-8-22(25(15-24)32-2)17-29-12-11-28-26(30)23(18-29)14-19-5-3-6-20(13-19)21-7-4-10-27-16-21/h3-10,13,15-16,23H,11-12,14,17-18H2,1-2H3,(H,28,30). The van der Waals surface area contributed by atoms with Gasteiger partial charge in [-0.1, -0.05) is 36.4 Å². The summed E-state index contributed by atoms with van der Waals surface area (Å²) in [6.45, 7) is 2.85. The van der Waals surface area contributed by atoms with Gasteiger partial charge >= 0.3 is 0 Å². The summed E-state index contributed by atoms with van der Waals surface area (Å²) in [4.78, 5) is 19.3. The summed E-state index contributed by atoms with van der Waals surface area (Å²) in [7, 11) is 3.32. The quantitative estimate of drug-likeness (QED) is 0.620. The summed E-state index contributed by atoms with van der Waals surface area (Å²) in [6, 6.07) is 18.2. The molecule has 1 amide bonds. The maximum atomic E-state index is 12.8. The van der Waals surface area contributed by atoms with Gasteiger partial charge in [0.2, 0.25) is 5.91 Å². The maximum Gasteiger partial charge on any atom is 0.224 e. The summed E-state index contributed by atoms with van der Waals surface area (Å²) in [5.41, 5.74) is 4.42. The first-order chi connectivity index (χ1) is 15.7. The number of pyridine rings is 1. The van der Waals surface area contributed by atoms with Crippen LogP contribution in [0.4, 0.5) is 0 Å². The highest BCUT2D eigenvalue weighted by Gasteiger charge is 2.26. The number of rotatable bonds is 7. The molecule has 4 rings (SSSR count). The normalized spacial score (nSPS) is 16.8. The Labute approximate surface area is 189 Å². The first-order valence-electron chi connectivity index (χ1n) is 10.9. The number of methoxy groups -OCH3 is 2. The number of nitrogens with zero attached hydrogens (tertiary/aromatic N) is 2. The molecule has 6 nitrogen and oxygen atoms in total. The molecule has 6 heteroatoms. The molecule has 2 heterocycles. The summed E-state index contributed by atoms with van der Waals surface area (Å²) in [5.74, 6) is 1.56. The number of ether oxygens (including phenoxy) is 2. The van der Waals surface area contributed by atoms with Gasteiger partial charge in [-0.3, -0.25) is 14.7 Å². The Morgan fingerprint density at radius 3 is 2.72 bits per heavy atom. The smallest absolute Gasteiger partial charge is 0.224 e. The van der Waals surface area contributed by atoms with Crippen LogP contribution in [-0.2, 0) is 17.8 Å². The number of amides is 1. The Kier molecular flexibility index (Phi) is 7.02. The summed E-state index contributed by atoms with van der Waals surface area (Å²) >= 11 is 0. The monoisotopic (exact) mass is 431 g/mol. The van der Waals surface area contributed by atoms with Crippen molar-refractivity contribution in [1.82, 2.24) is 15.2 Å². The Hall–Kier alpha value is -3.38. The van der Waals surface area contributed by atoms with E-state index in [1.165, 1.54) is 0 Å². The zero-order valence-electron chi connectivity index (χ0n) is 18.6. The van der Waals surface area contributed by atoms with E-state index in [0.29, 0.717) is 26.1 Å². The Bertz CT molecular complexity index is 1060. The zero-order chi connectivity index (χ0) is 22.3. The average Bonchev–Trinajstić information content (AvgIpc) is 3.00. The Balaban J connectivity index is 1.49. The van der Waals surface area contributed by atoms with Crippen LogP contribution in [0.15, 0.2) is 67.0 Å². The lowest BCUT2D eigenvalue weighted by molar-refractivity contribution is -0.124. The van der Waals surface area contributed by atoms with E-state index in [1.807, 2.05) is 36.5 Å². The number of nitrogens with one attached hydrogen (secondary N) is 1. The molecule has 0 aliphatic carbocycles. The lowest BCUT2D eigenvalue weighted by atomic mass is 9.95. The van der Waals surface area contributed by atoms with Gasteiger partial charge in [0.05, 0.1) is 20.1 Å². The van der Waals surface area contributed by atoms with Crippen molar-refractivity contribution in [2.45, 2.75) is 13.0 Å². The number of aromatic nitrogens is 1. The molecule has 1 aliphatic heterocycles. The second kappa shape index (κ2) is 10.3. The van der Waals surface area contributed by atoms with Crippen molar-refractivity contribution in [3.05, 3.63) is 78.1 Å². The molecule has 0 radical (unpaired) electrons. The molecule has 1 N–H and O–H groups in total. The van der Waals surface area contributed by atoms with E-state index in [0.717, 1.165) is 40.3 Å². The van der Waals surface area contributed by atoms with Gasteiger partial charge in [0, 0.05) is 50.2 Å². The van der Waals surface area contributed by atoms with Gasteiger partial charge in [0.25, 0.3) is 0 Å². The minimum atomic E-state index is -0.120. The molecule has 1 unspecified atom stereocenters. The van der Waals surface area contributed by atoms with Gasteiger partial charge < -0.3 is 14.8 Å². The largest absolute Gasteiger partial charge is 0.497 e. The van der Waals surface area contributed by atoms with Crippen LogP contribution in [-0.4, -0.2) is 49.6 Å². The number of carbonyl (C=O) groups is 1. The van der Waals surface area contributed by atoms with Crippen LogP contribution in [0, 0.1) is 5.92 Å². The van der Waals surface area contributed by atoms with Gasteiger partial charge in [-0.2, -0.15) is 0 Å². The second-order valence-corrected chi connectivity index (χ2v) is 8.05. The van der Waals surface area contributed by atoms with Crippen LogP contribution < -0.4 is 14.8 Å². The van der Waals surface area contributed by atoms with E-state index in [1.54, 1.807) is 20.4 Å². The molecule has 1 saturated heterocycles.